The summed E-state index contributed by atoms with van der Waals surface area (Å²) in [5.74, 6) is 0.266. The second-order valence-electron chi connectivity index (χ2n) is 3.85. The molecule has 19 heavy (non-hydrogen) atoms. The third-order valence-corrected chi connectivity index (χ3v) is 2.93. The fourth-order valence-electron chi connectivity index (χ4n) is 1.53. The van der Waals surface area contributed by atoms with E-state index in [0.717, 1.165) is 0 Å². The highest BCUT2D eigenvalue weighted by Crippen LogP contribution is 2.27. The van der Waals surface area contributed by atoms with Gasteiger partial charge < -0.3 is 15.5 Å². The molecular formula is C12H11Cl2N3O2. The minimum Gasteiger partial charge on any atom is -0.455 e. The first kappa shape index (κ1) is 13.9. The van der Waals surface area contributed by atoms with E-state index in [2.05, 4.69) is 10.3 Å². The van der Waals surface area contributed by atoms with Gasteiger partial charge in [0.05, 0.1) is 12.2 Å². The van der Waals surface area contributed by atoms with E-state index in [-0.39, 0.29) is 22.6 Å². The maximum absolute atomic E-state index is 12.0. The lowest BCUT2D eigenvalue weighted by Crippen LogP contribution is -2.13. The van der Waals surface area contributed by atoms with Crippen LogP contribution in [0.5, 0.6) is 0 Å². The van der Waals surface area contributed by atoms with Gasteiger partial charge in [0.2, 0.25) is 0 Å². The number of nitrogens with two attached hydrogens (primary N) is 1. The maximum atomic E-state index is 12.0. The van der Waals surface area contributed by atoms with E-state index in [1.165, 1.54) is 0 Å². The second kappa shape index (κ2) is 5.61. The van der Waals surface area contributed by atoms with E-state index in [9.17, 15) is 4.79 Å². The molecule has 5 nitrogen and oxygen atoms in total. The predicted molar refractivity (Wildman–Crippen MR) is 73.5 cm³/mol. The summed E-state index contributed by atoms with van der Waals surface area (Å²) in [7, 11) is 0. The summed E-state index contributed by atoms with van der Waals surface area (Å²) in [6, 6.07) is 4.80. The summed E-state index contributed by atoms with van der Waals surface area (Å²) in [5, 5.41) is 3.03. The Labute approximate surface area is 119 Å². The van der Waals surface area contributed by atoms with Crippen molar-refractivity contribution in [2.45, 2.75) is 13.5 Å². The summed E-state index contributed by atoms with van der Waals surface area (Å²) in [6.07, 6.45) is 0. The fourth-order valence-corrected chi connectivity index (χ4v) is 2.11. The molecule has 0 aromatic carbocycles. The summed E-state index contributed by atoms with van der Waals surface area (Å²) < 4.78 is 5.24. The van der Waals surface area contributed by atoms with Crippen LogP contribution in [0, 0.1) is 6.92 Å². The quantitative estimate of drug-likeness (QED) is 0.854. The van der Waals surface area contributed by atoms with Crippen LogP contribution in [0.25, 0.3) is 0 Å². The molecule has 3 N–H and O–H groups in total. The molecule has 2 heterocycles. The van der Waals surface area contributed by atoms with Gasteiger partial charge in [-0.25, -0.2) is 4.98 Å². The van der Waals surface area contributed by atoms with Gasteiger partial charge >= 0.3 is 0 Å². The molecule has 1 amide bonds. The van der Waals surface area contributed by atoms with Gasteiger partial charge in [-0.2, -0.15) is 0 Å². The Bertz CT molecular complexity index is 602. The number of anilines is 1. The molecule has 0 radical (unpaired) electrons. The number of amides is 1. The second-order valence-corrected chi connectivity index (χ2v) is 4.60. The first-order valence-corrected chi connectivity index (χ1v) is 6.19. The molecule has 0 bridgehead atoms. The Morgan fingerprint density at radius 1 is 1.47 bits per heavy atom. The Hall–Kier alpha value is -1.56. The molecule has 0 fully saturated rings. The minimum atomic E-state index is -0.422. The molecule has 100 valence electrons. The van der Waals surface area contributed by atoms with Crippen LogP contribution in [0.1, 0.15) is 21.9 Å². The van der Waals surface area contributed by atoms with Gasteiger partial charge in [0, 0.05) is 0 Å². The van der Waals surface area contributed by atoms with Crippen molar-refractivity contribution in [3.8, 4) is 0 Å². The van der Waals surface area contributed by atoms with E-state index < -0.39 is 5.91 Å². The van der Waals surface area contributed by atoms with Crippen molar-refractivity contribution in [3.05, 3.63) is 45.6 Å². The molecular weight excluding hydrogens is 289 g/mol. The number of aromatic nitrogens is 1. The van der Waals surface area contributed by atoms with Crippen molar-refractivity contribution in [3.63, 3.8) is 0 Å². The van der Waals surface area contributed by atoms with E-state index in [0.29, 0.717) is 17.0 Å². The normalized spacial score (nSPS) is 10.5. The summed E-state index contributed by atoms with van der Waals surface area (Å²) in [5.41, 5.74) is 6.53. The molecule has 0 unspecified atom stereocenters. The third kappa shape index (κ3) is 3.07. The Kier molecular flexibility index (Phi) is 4.09. The molecule has 0 spiro atoms. The van der Waals surface area contributed by atoms with Crippen molar-refractivity contribution in [2.24, 2.45) is 5.73 Å². The lowest BCUT2D eigenvalue weighted by molar-refractivity contribution is 0.0995. The zero-order chi connectivity index (χ0) is 14.0. The number of pyridine rings is 1. The predicted octanol–water partition coefficient (Wildman–Crippen LogP) is 3.00. The van der Waals surface area contributed by atoms with Gasteiger partial charge in [-0.3, -0.25) is 4.79 Å². The van der Waals surface area contributed by atoms with Gasteiger partial charge in [-0.1, -0.05) is 23.2 Å². The maximum Gasteiger partial charge on any atom is 0.291 e. The zero-order valence-corrected chi connectivity index (χ0v) is 11.5. The lowest BCUT2D eigenvalue weighted by atomic mass is 10.2. The smallest absolute Gasteiger partial charge is 0.291 e. The molecule has 0 aliphatic rings. The molecule has 7 heteroatoms. The highest BCUT2D eigenvalue weighted by Gasteiger charge is 2.15. The summed E-state index contributed by atoms with van der Waals surface area (Å²) >= 11 is 11.7. The molecule has 2 aromatic rings. The largest absolute Gasteiger partial charge is 0.455 e. The van der Waals surface area contributed by atoms with E-state index in [1.54, 1.807) is 25.1 Å². The Morgan fingerprint density at radius 3 is 2.79 bits per heavy atom. The standard InChI is InChI=1S/C12H11Cl2N3O2/c1-6-4-9(13)16-11(14)10(6)17-12(18)8-3-2-7(5-15)19-8/h2-4H,5,15H2,1H3,(H,17,18). The number of aryl methyl sites for hydroxylation is 1. The van der Waals surface area contributed by atoms with Crippen LogP contribution in [-0.4, -0.2) is 10.9 Å². The number of nitrogens with one attached hydrogen (secondary N) is 1. The lowest BCUT2D eigenvalue weighted by Gasteiger charge is -2.08. The van der Waals surface area contributed by atoms with Crippen molar-refractivity contribution < 1.29 is 9.21 Å². The number of carbonyl (C=O) groups excluding carboxylic acids is 1. The number of hydrogen-bond donors (Lipinski definition) is 2. The summed E-state index contributed by atoms with van der Waals surface area (Å²) in [6.45, 7) is 2.00. The first-order chi connectivity index (χ1) is 9.01. The average Bonchev–Trinajstić information content (AvgIpc) is 2.82. The summed E-state index contributed by atoms with van der Waals surface area (Å²) in [4.78, 5) is 15.8. The van der Waals surface area contributed by atoms with Crippen molar-refractivity contribution in [1.82, 2.24) is 4.98 Å². The van der Waals surface area contributed by atoms with Crippen LogP contribution < -0.4 is 11.1 Å². The van der Waals surface area contributed by atoms with Crippen LogP contribution in [0.2, 0.25) is 10.3 Å². The van der Waals surface area contributed by atoms with Crippen LogP contribution in [0.15, 0.2) is 22.6 Å². The van der Waals surface area contributed by atoms with E-state index in [4.69, 9.17) is 33.4 Å². The number of hydrogen-bond acceptors (Lipinski definition) is 4. The molecule has 0 saturated carbocycles. The van der Waals surface area contributed by atoms with Gasteiger partial charge in [0.25, 0.3) is 5.91 Å². The molecule has 0 aliphatic carbocycles. The molecule has 2 aromatic heterocycles. The molecule has 0 saturated heterocycles. The minimum absolute atomic E-state index is 0.129. The van der Waals surface area contributed by atoms with Crippen molar-refractivity contribution >= 4 is 34.8 Å². The van der Waals surface area contributed by atoms with Crippen molar-refractivity contribution in [1.29, 1.82) is 0 Å². The monoisotopic (exact) mass is 299 g/mol. The van der Waals surface area contributed by atoms with Crippen LogP contribution in [0.4, 0.5) is 5.69 Å². The highest BCUT2D eigenvalue weighted by atomic mass is 35.5. The third-order valence-electron chi connectivity index (χ3n) is 2.47. The zero-order valence-electron chi connectivity index (χ0n) is 10.0. The number of furan rings is 1. The number of carbonyl (C=O) groups is 1. The van der Waals surface area contributed by atoms with Crippen LogP contribution >= 0.6 is 23.2 Å². The van der Waals surface area contributed by atoms with Gasteiger partial charge in [0.1, 0.15) is 10.9 Å². The number of nitrogens with zero attached hydrogens (tertiary/aromatic N) is 1. The fraction of sp³-hybridized carbons (Fsp3) is 0.167. The molecule has 0 aliphatic heterocycles. The van der Waals surface area contributed by atoms with Crippen LogP contribution in [-0.2, 0) is 6.54 Å². The van der Waals surface area contributed by atoms with Gasteiger partial charge in [-0.15, -0.1) is 0 Å². The van der Waals surface area contributed by atoms with Gasteiger partial charge in [-0.05, 0) is 30.7 Å². The molecule has 2 rings (SSSR count). The molecule has 0 atom stereocenters. The van der Waals surface area contributed by atoms with Crippen molar-refractivity contribution in [2.75, 3.05) is 5.32 Å². The highest BCUT2D eigenvalue weighted by molar-refractivity contribution is 6.35. The topological polar surface area (TPSA) is 81.2 Å². The first-order valence-electron chi connectivity index (χ1n) is 5.44. The Balaban J connectivity index is 2.24. The SMILES string of the molecule is Cc1cc(Cl)nc(Cl)c1NC(=O)c1ccc(CN)o1. The van der Waals surface area contributed by atoms with E-state index >= 15 is 0 Å². The number of halogens is 2. The average molecular weight is 300 g/mol. The Morgan fingerprint density at radius 2 is 2.21 bits per heavy atom. The van der Waals surface area contributed by atoms with Crippen LogP contribution in [0.3, 0.4) is 0 Å². The van der Waals surface area contributed by atoms with E-state index in [1.807, 2.05) is 0 Å². The number of rotatable bonds is 3. The van der Waals surface area contributed by atoms with Gasteiger partial charge in [0.15, 0.2) is 10.9 Å².